The quantitative estimate of drug-likeness (QED) is 0.759. The Kier molecular flexibility index (Phi) is 5.62. The molecule has 0 saturated carbocycles. The molecule has 2 nitrogen and oxygen atoms in total. The van der Waals surface area contributed by atoms with Crippen molar-refractivity contribution in [2.24, 2.45) is 11.7 Å². The minimum Gasteiger partial charge on any atom is -0.330 e. The molecule has 0 aromatic rings. The van der Waals surface area contributed by atoms with Gasteiger partial charge in [0.1, 0.15) is 0 Å². The van der Waals surface area contributed by atoms with Crippen molar-refractivity contribution in [3.63, 3.8) is 0 Å². The van der Waals surface area contributed by atoms with Gasteiger partial charge in [-0.25, -0.2) is 0 Å². The SMILES string of the molecule is CC(CCN)CCN1C(C)CCCC1C. The Balaban J connectivity index is 2.28. The van der Waals surface area contributed by atoms with E-state index in [4.69, 9.17) is 5.73 Å². The molecule has 90 valence electrons. The van der Waals surface area contributed by atoms with Gasteiger partial charge >= 0.3 is 0 Å². The van der Waals surface area contributed by atoms with E-state index in [9.17, 15) is 0 Å². The van der Waals surface area contributed by atoms with E-state index in [-0.39, 0.29) is 0 Å². The van der Waals surface area contributed by atoms with Crippen LogP contribution in [-0.4, -0.2) is 30.1 Å². The molecule has 1 fully saturated rings. The maximum atomic E-state index is 5.58. The number of likely N-dealkylation sites (tertiary alicyclic amines) is 1. The lowest BCUT2D eigenvalue weighted by molar-refractivity contribution is 0.0965. The zero-order valence-electron chi connectivity index (χ0n) is 10.7. The fourth-order valence-electron chi connectivity index (χ4n) is 2.71. The molecule has 15 heavy (non-hydrogen) atoms. The second-order valence-corrected chi connectivity index (χ2v) is 5.34. The van der Waals surface area contributed by atoms with Crippen molar-refractivity contribution in [1.82, 2.24) is 4.90 Å². The van der Waals surface area contributed by atoms with Crippen molar-refractivity contribution in [3.8, 4) is 0 Å². The van der Waals surface area contributed by atoms with Crippen LogP contribution in [-0.2, 0) is 0 Å². The van der Waals surface area contributed by atoms with Crippen LogP contribution in [0.5, 0.6) is 0 Å². The molecule has 0 aromatic heterocycles. The van der Waals surface area contributed by atoms with Crippen LogP contribution in [0.1, 0.15) is 52.9 Å². The van der Waals surface area contributed by atoms with Crippen molar-refractivity contribution in [2.45, 2.75) is 65.0 Å². The lowest BCUT2D eigenvalue weighted by Gasteiger charge is -2.39. The van der Waals surface area contributed by atoms with Gasteiger partial charge in [0, 0.05) is 12.1 Å². The van der Waals surface area contributed by atoms with Crippen LogP contribution >= 0.6 is 0 Å². The van der Waals surface area contributed by atoms with E-state index >= 15 is 0 Å². The van der Waals surface area contributed by atoms with E-state index < -0.39 is 0 Å². The van der Waals surface area contributed by atoms with Crippen LogP contribution < -0.4 is 5.73 Å². The summed E-state index contributed by atoms with van der Waals surface area (Å²) in [7, 11) is 0. The summed E-state index contributed by atoms with van der Waals surface area (Å²) < 4.78 is 0. The standard InChI is InChI=1S/C13H28N2/c1-11(7-9-14)8-10-15-12(2)5-4-6-13(15)3/h11-13H,4-10,14H2,1-3H3. The molecule has 0 radical (unpaired) electrons. The van der Waals surface area contributed by atoms with Gasteiger partial charge in [0.2, 0.25) is 0 Å². The minimum absolute atomic E-state index is 0.788. The van der Waals surface area contributed by atoms with Gasteiger partial charge in [0.05, 0.1) is 0 Å². The highest BCUT2D eigenvalue weighted by atomic mass is 15.2. The summed E-state index contributed by atoms with van der Waals surface area (Å²) in [6.45, 7) is 9.19. The van der Waals surface area contributed by atoms with Gasteiger partial charge in [0.15, 0.2) is 0 Å². The molecular weight excluding hydrogens is 184 g/mol. The predicted molar refractivity (Wildman–Crippen MR) is 66.9 cm³/mol. The molecule has 1 saturated heterocycles. The Labute approximate surface area is 95.2 Å². The fourth-order valence-corrected chi connectivity index (χ4v) is 2.71. The van der Waals surface area contributed by atoms with Crippen LogP contribution in [0.15, 0.2) is 0 Å². The molecule has 1 rings (SSSR count). The minimum atomic E-state index is 0.788. The molecule has 3 unspecified atom stereocenters. The summed E-state index contributed by atoms with van der Waals surface area (Å²) >= 11 is 0. The molecule has 2 N–H and O–H groups in total. The first kappa shape index (κ1) is 13.0. The zero-order chi connectivity index (χ0) is 11.3. The van der Waals surface area contributed by atoms with Crippen LogP contribution in [0.2, 0.25) is 0 Å². The van der Waals surface area contributed by atoms with Crippen LogP contribution in [0.4, 0.5) is 0 Å². The zero-order valence-corrected chi connectivity index (χ0v) is 10.7. The van der Waals surface area contributed by atoms with Crippen LogP contribution in [0.25, 0.3) is 0 Å². The van der Waals surface area contributed by atoms with E-state index in [2.05, 4.69) is 25.7 Å². The van der Waals surface area contributed by atoms with Gasteiger partial charge < -0.3 is 5.73 Å². The van der Waals surface area contributed by atoms with E-state index in [1.807, 2.05) is 0 Å². The molecule has 0 aromatic carbocycles. The molecule has 0 bridgehead atoms. The fraction of sp³-hybridized carbons (Fsp3) is 1.00. The Morgan fingerprint density at radius 3 is 2.33 bits per heavy atom. The third-order valence-electron chi connectivity index (χ3n) is 3.92. The molecule has 0 spiro atoms. The predicted octanol–water partition coefficient (Wildman–Crippen LogP) is 2.62. The molecular formula is C13H28N2. The van der Waals surface area contributed by atoms with Crippen molar-refractivity contribution in [2.75, 3.05) is 13.1 Å². The summed E-state index contributed by atoms with van der Waals surface area (Å²) in [5.74, 6) is 0.788. The molecule has 1 aliphatic heterocycles. The average molecular weight is 212 g/mol. The topological polar surface area (TPSA) is 29.3 Å². The maximum Gasteiger partial charge on any atom is 0.00697 e. The highest BCUT2D eigenvalue weighted by Crippen LogP contribution is 2.23. The summed E-state index contributed by atoms with van der Waals surface area (Å²) in [6, 6.07) is 1.58. The first-order valence-electron chi connectivity index (χ1n) is 6.61. The van der Waals surface area contributed by atoms with Gasteiger partial charge in [-0.05, 0) is 58.5 Å². The Morgan fingerprint density at radius 2 is 1.80 bits per heavy atom. The number of piperidine rings is 1. The first-order chi connectivity index (χ1) is 7.15. The van der Waals surface area contributed by atoms with E-state index in [0.29, 0.717) is 0 Å². The summed E-state index contributed by atoms with van der Waals surface area (Å²) in [4.78, 5) is 2.69. The van der Waals surface area contributed by atoms with Crippen LogP contribution in [0, 0.1) is 5.92 Å². The van der Waals surface area contributed by atoms with Gasteiger partial charge in [-0.2, -0.15) is 0 Å². The summed E-state index contributed by atoms with van der Waals surface area (Å²) in [6.07, 6.45) is 6.67. The van der Waals surface area contributed by atoms with Gasteiger partial charge in [-0.1, -0.05) is 13.3 Å². The normalized spacial score (nSPS) is 30.4. The molecule has 1 aliphatic rings. The number of nitrogens with zero attached hydrogens (tertiary/aromatic N) is 1. The van der Waals surface area contributed by atoms with Gasteiger partial charge in [-0.3, -0.25) is 4.90 Å². The van der Waals surface area contributed by atoms with Crippen LogP contribution in [0.3, 0.4) is 0 Å². The second kappa shape index (κ2) is 6.49. The molecule has 0 aliphatic carbocycles. The molecule has 1 heterocycles. The van der Waals surface area contributed by atoms with E-state index in [1.54, 1.807) is 0 Å². The molecule has 0 amide bonds. The largest absolute Gasteiger partial charge is 0.330 e. The van der Waals surface area contributed by atoms with Crippen molar-refractivity contribution < 1.29 is 0 Å². The Hall–Kier alpha value is -0.0800. The van der Waals surface area contributed by atoms with Gasteiger partial charge in [-0.15, -0.1) is 0 Å². The highest BCUT2D eigenvalue weighted by Gasteiger charge is 2.24. The summed E-state index contributed by atoms with van der Waals surface area (Å²) in [5.41, 5.74) is 5.58. The number of hydrogen-bond donors (Lipinski definition) is 1. The number of nitrogens with two attached hydrogens (primary N) is 1. The monoisotopic (exact) mass is 212 g/mol. The van der Waals surface area contributed by atoms with Crippen molar-refractivity contribution in [1.29, 1.82) is 0 Å². The highest BCUT2D eigenvalue weighted by molar-refractivity contribution is 4.79. The van der Waals surface area contributed by atoms with Crippen molar-refractivity contribution in [3.05, 3.63) is 0 Å². The summed E-state index contributed by atoms with van der Waals surface area (Å²) in [5, 5.41) is 0. The Morgan fingerprint density at radius 1 is 1.20 bits per heavy atom. The van der Waals surface area contributed by atoms with Gasteiger partial charge in [0.25, 0.3) is 0 Å². The maximum absolute atomic E-state index is 5.58. The average Bonchev–Trinajstić information content (AvgIpc) is 2.17. The lowest BCUT2D eigenvalue weighted by Crippen LogP contribution is -2.44. The van der Waals surface area contributed by atoms with E-state index in [1.165, 1.54) is 38.6 Å². The number of hydrogen-bond acceptors (Lipinski definition) is 2. The first-order valence-corrected chi connectivity index (χ1v) is 6.61. The second-order valence-electron chi connectivity index (χ2n) is 5.34. The molecule has 2 heteroatoms. The Bertz CT molecular complexity index is 160. The van der Waals surface area contributed by atoms with E-state index in [0.717, 1.165) is 24.5 Å². The third-order valence-corrected chi connectivity index (χ3v) is 3.92. The number of rotatable bonds is 5. The van der Waals surface area contributed by atoms with Crippen molar-refractivity contribution >= 4 is 0 Å². The third kappa shape index (κ3) is 4.12. The smallest absolute Gasteiger partial charge is 0.00697 e. The molecule has 3 atom stereocenters. The lowest BCUT2D eigenvalue weighted by atomic mass is 9.95.